The minimum Gasteiger partial charge on any atom is -0.488 e. The highest BCUT2D eigenvalue weighted by atomic mass is 32.1. The molecule has 156 valence electrons. The maximum absolute atomic E-state index is 13.1. The van der Waals surface area contributed by atoms with Gasteiger partial charge in [0.2, 0.25) is 5.43 Å². The van der Waals surface area contributed by atoms with Crippen LogP contribution >= 0.6 is 11.3 Å². The second-order valence-electron chi connectivity index (χ2n) is 7.34. The molecule has 0 aliphatic heterocycles. The van der Waals surface area contributed by atoms with Crippen LogP contribution in [0.15, 0.2) is 27.9 Å². The first-order chi connectivity index (χ1) is 13.9. The number of thiophene rings is 1. The van der Waals surface area contributed by atoms with Gasteiger partial charge in [0.15, 0.2) is 5.75 Å². The smallest absolute Gasteiger partial charge is 0.262 e. The Morgan fingerprint density at radius 2 is 2.07 bits per heavy atom. The molecule has 0 bridgehead atoms. The Balaban J connectivity index is 1.97. The number of nitrogens with one attached hydrogen (secondary N) is 1. The van der Waals surface area contributed by atoms with E-state index in [-0.39, 0.29) is 23.3 Å². The van der Waals surface area contributed by atoms with Gasteiger partial charge in [-0.2, -0.15) is 0 Å². The third kappa shape index (κ3) is 4.94. The Hall–Kier alpha value is -2.45. The first-order valence-corrected chi connectivity index (χ1v) is 10.6. The summed E-state index contributed by atoms with van der Waals surface area (Å²) in [6.45, 7) is 7.27. The number of aromatic amines is 1. The lowest BCUT2D eigenvalue weighted by atomic mass is 10.2. The Morgan fingerprint density at radius 3 is 2.72 bits per heavy atom. The lowest BCUT2D eigenvalue weighted by Crippen LogP contribution is -2.27. The number of ether oxygens (including phenoxy) is 2. The van der Waals surface area contributed by atoms with Crippen LogP contribution in [0.25, 0.3) is 10.2 Å². The third-order valence-electron chi connectivity index (χ3n) is 4.50. The Labute approximate surface area is 173 Å². The lowest BCUT2D eigenvalue weighted by Gasteiger charge is -2.13. The highest BCUT2D eigenvalue weighted by Gasteiger charge is 2.15. The molecule has 0 saturated heterocycles. The van der Waals surface area contributed by atoms with E-state index in [2.05, 4.69) is 11.9 Å². The number of hydrogen-bond donors (Lipinski definition) is 1. The molecule has 0 amide bonds. The maximum Gasteiger partial charge on any atom is 0.262 e. The Bertz CT molecular complexity index is 1100. The van der Waals surface area contributed by atoms with E-state index in [0.717, 1.165) is 16.1 Å². The molecular formula is C21H27N3O4S. The van der Waals surface area contributed by atoms with Crippen molar-refractivity contribution in [2.45, 2.75) is 40.2 Å². The van der Waals surface area contributed by atoms with Crippen LogP contribution in [0.4, 0.5) is 0 Å². The van der Waals surface area contributed by atoms with Crippen LogP contribution in [0.3, 0.4) is 0 Å². The molecule has 0 fully saturated rings. The van der Waals surface area contributed by atoms with Crippen molar-refractivity contribution in [2.24, 2.45) is 5.92 Å². The molecule has 0 atom stereocenters. The molecule has 3 heterocycles. The normalized spacial score (nSPS) is 11.5. The SMILES string of the molecule is CCc1cc2c(=O)n(Cc3cc(=O)c(OCC(C)C)c[nH]3)c(CCOC)nc2s1. The van der Waals surface area contributed by atoms with Gasteiger partial charge in [-0.15, -0.1) is 11.3 Å². The summed E-state index contributed by atoms with van der Waals surface area (Å²) in [5.41, 5.74) is 0.321. The number of aryl methyl sites for hydroxylation is 1. The van der Waals surface area contributed by atoms with Crippen LogP contribution < -0.4 is 15.7 Å². The van der Waals surface area contributed by atoms with Crippen LogP contribution in [0.1, 0.15) is 37.2 Å². The summed E-state index contributed by atoms with van der Waals surface area (Å²) < 4.78 is 12.3. The molecule has 3 rings (SSSR count). The fourth-order valence-electron chi connectivity index (χ4n) is 2.96. The minimum atomic E-state index is -0.205. The predicted octanol–water partition coefficient (Wildman–Crippen LogP) is 2.98. The predicted molar refractivity (Wildman–Crippen MR) is 115 cm³/mol. The fourth-order valence-corrected chi connectivity index (χ4v) is 3.94. The van der Waals surface area contributed by atoms with Crippen molar-refractivity contribution >= 4 is 21.6 Å². The van der Waals surface area contributed by atoms with Gasteiger partial charge in [0.1, 0.15) is 10.7 Å². The summed E-state index contributed by atoms with van der Waals surface area (Å²) in [6.07, 6.45) is 2.94. The molecule has 29 heavy (non-hydrogen) atoms. The molecule has 0 spiro atoms. The molecule has 0 saturated carbocycles. The number of pyridine rings is 1. The molecule has 1 N–H and O–H groups in total. The van der Waals surface area contributed by atoms with E-state index >= 15 is 0 Å². The molecule has 0 aromatic carbocycles. The minimum absolute atomic E-state index is 0.0990. The number of H-pyrrole nitrogens is 1. The van der Waals surface area contributed by atoms with Gasteiger partial charge in [-0.05, 0) is 18.4 Å². The molecule has 0 aliphatic carbocycles. The Morgan fingerprint density at radius 1 is 1.28 bits per heavy atom. The van der Waals surface area contributed by atoms with Gasteiger partial charge in [0.25, 0.3) is 5.56 Å². The molecular weight excluding hydrogens is 390 g/mol. The summed E-state index contributed by atoms with van der Waals surface area (Å²) in [5.74, 6) is 1.26. The van der Waals surface area contributed by atoms with E-state index < -0.39 is 0 Å². The molecule has 0 radical (unpaired) electrons. The monoisotopic (exact) mass is 417 g/mol. The largest absolute Gasteiger partial charge is 0.488 e. The topological polar surface area (TPSA) is 86.2 Å². The van der Waals surface area contributed by atoms with E-state index in [4.69, 9.17) is 14.5 Å². The van der Waals surface area contributed by atoms with Crippen LogP contribution in [0, 0.1) is 5.92 Å². The summed E-state index contributed by atoms with van der Waals surface area (Å²) in [5, 5.41) is 0.618. The number of rotatable bonds is 9. The van der Waals surface area contributed by atoms with Crippen molar-refractivity contribution < 1.29 is 9.47 Å². The molecule has 8 heteroatoms. The molecule has 3 aromatic heterocycles. The third-order valence-corrected chi connectivity index (χ3v) is 5.67. The number of methoxy groups -OCH3 is 1. The van der Waals surface area contributed by atoms with Crippen molar-refractivity contribution in [1.82, 2.24) is 14.5 Å². The van der Waals surface area contributed by atoms with E-state index in [0.29, 0.717) is 42.5 Å². The van der Waals surface area contributed by atoms with Crippen molar-refractivity contribution in [3.05, 3.63) is 55.3 Å². The molecule has 7 nitrogen and oxygen atoms in total. The zero-order valence-electron chi connectivity index (χ0n) is 17.3. The van der Waals surface area contributed by atoms with Gasteiger partial charge in [-0.25, -0.2) is 4.98 Å². The quantitative estimate of drug-likeness (QED) is 0.578. The number of hydrogen-bond acceptors (Lipinski definition) is 6. The van der Waals surface area contributed by atoms with Gasteiger partial charge in [0.05, 0.1) is 25.1 Å². The van der Waals surface area contributed by atoms with Crippen LogP contribution in [0.2, 0.25) is 0 Å². The maximum atomic E-state index is 13.1. The average molecular weight is 418 g/mol. The summed E-state index contributed by atoms with van der Waals surface area (Å²) in [7, 11) is 1.62. The van der Waals surface area contributed by atoms with Gasteiger partial charge < -0.3 is 14.5 Å². The molecule has 0 aliphatic rings. The van der Waals surface area contributed by atoms with Crippen molar-refractivity contribution in [2.75, 3.05) is 20.3 Å². The fraction of sp³-hybridized carbons (Fsp3) is 0.476. The van der Waals surface area contributed by atoms with Gasteiger partial charge in [0, 0.05) is 36.4 Å². The lowest BCUT2D eigenvalue weighted by molar-refractivity contribution is 0.199. The van der Waals surface area contributed by atoms with Crippen molar-refractivity contribution in [1.29, 1.82) is 0 Å². The van der Waals surface area contributed by atoms with E-state index in [1.807, 2.05) is 19.9 Å². The van der Waals surface area contributed by atoms with Crippen molar-refractivity contribution in [3.63, 3.8) is 0 Å². The number of aromatic nitrogens is 3. The number of fused-ring (bicyclic) bond motifs is 1. The van der Waals surface area contributed by atoms with Gasteiger partial charge in [-0.1, -0.05) is 20.8 Å². The number of nitrogens with zero attached hydrogens (tertiary/aromatic N) is 2. The first-order valence-electron chi connectivity index (χ1n) is 9.78. The van der Waals surface area contributed by atoms with Crippen molar-refractivity contribution in [3.8, 4) is 5.75 Å². The molecule has 3 aromatic rings. The highest BCUT2D eigenvalue weighted by molar-refractivity contribution is 7.18. The highest BCUT2D eigenvalue weighted by Crippen LogP contribution is 2.22. The summed E-state index contributed by atoms with van der Waals surface area (Å²) in [6, 6.07) is 3.40. The van der Waals surface area contributed by atoms with E-state index in [1.54, 1.807) is 29.2 Å². The van der Waals surface area contributed by atoms with Gasteiger partial charge >= 0.3 is 0 Å². The van der Waals surface area contributed by atoms with Crippen LogP contribution in [0.5, 0.6) is 5.75 Å². The van der Waals surface area contributed by atoms with E-state index in [9.17, 15) is 9.59 Å². The average Bonchev–Trinajstić information content (AvgIpc) is 3.11. The zero-order valence-corrected chi connectivity index (χ0v) is 18.1. The second-order valence-corrected chi connectivity index (χ2v) is 8.45. The zero-order chi connectivity index (χ0) is 21.0. The van der Waals surface area contributed by atoms with E-state index in [1.165, 1.54) is 6.07 Å². The van der Waals surface area contributed by atoms with Crippen LogP contribution in [-0.2, 0) is 24.1 Å². The van der Waals surface area contributed by atoms with Gasteiger partial charge in [-0.3, -0.25) is 14.2 Å². The Kier molecular flexibility index (Phi) is 6.87. The standard InChI is InChI=1S/C21H27N3O4S/c1-5-15-9-16-20(29-15)23-19(6-7-27-4)24(21(16)26)11-14-8-17(25)18(10-22-14)28-12-13(2)3/h8-10,13H,5-7,11-12H2,1-4H3,(H,22,25). The van der Waals surface area contributed by atoms with Crippen LogP contribution in [-0.4, -0.2) is 34.9 Å². The summed E-state index contributed by atoms with van der Waals surface area (Å²) >= 11 is 1.55. The first kappa shape index (κ1) is 21.3. The second kappa shape index (κ2) is 9.37. The molecule has 0 unspecified atom stereocenters. The summed E-state index contributed by atoms with van der Waals surface area (Å²) in [4.78, 5) is 35.2.